The van der Waals surface area contributed by atoms with Crippen molar-refractivity contribution in [2.75, 3.05) is 5.32 Å². The van der Waals surface area contributed by atoms with E-state index in [4.69, 9.17) is 0 Å². The van der Waals surface area contributed by atoms with Gasteiger partial charge in [0.25, 0.3) is 0 Å². The molecule has 4 heteroatoms. The van der Waals surface area contributed by atoms with E-state index < -0.39 is 0 Å². The zero-order chi connectivity index (χ0) is 10.7. The van der Waals surface area contributed by atoms with Crippen LogP contribution >= 0.6 is 43.2 Å². The number of nitrogens with one attached hydrogen (secondary N) is 1. The maximum absolute atomic E-state index is 3.51. The molecule has 78 valence electrons. The maximum atomic E-state index is 3.51. The summed E-state index contributed by atoms with van der Waals surface area (Å²) in [7, 11) is 0. The smallest absolute Gasteiger partial charge is 0.0505 e. The molecule has 0 fully saturated rings. The first-order valence-electron chi connectivity index (χ1n) is 4.47. The number of hydrogen-bond donors (Lipinski definition) is 1. The van der Waals surface area contributed by atoms with Crippen LogP contribution in [0.15, 0.2) is 44.7 Å². The van der Waals surface area contributed by atoms with Crippen LogP contribution in [0.3, 0.4) is 0 Å². The van der Waals surface area contributed by atoms with E-state index >= 15 is 0 Å². The third kappa shape index (κ3) is 3.06. The molecule has 0 atom stereocenters. The Balaban J connectivity index is 1.99. The van der Waals surface area contributed by atoms with E-state index in [-0.39, 0.29) is 0 Å². The number of anilines is 1. The molecule has 1 aromatic heterocycles. The average molecular weight is 347 g/mol. The Morgan fingerprint density at radius 2 is 1.80 bits per heavy atom. The Morgan fingerprint density at radius 1 is 1.07 bits per heavy atom. The summed E-state index contributed by atoms with van der Waals surface area (Å²) in [6.07, 6.45) is 0. The minimum Gasteiger partial charge on any atom is -0.380 e. The minimum absolute atomic E-state index is 0.861. The molecule has 0 amide bonds. The van der Waals surface area contributed by atoms with Gasteiger partial charge < -0.3 is 5.32 Å². The third-order valence-electron chi connectivity index (χ3n) is 1.99. The lowest BCUT2D eigenvalue weighted by atomic mass is 10.3. The molecular weight excluding hydrogens is 338 g/mol. The fourth-order valence-corrected chi connectivity index (χ4v) is 2.90. The van der Waals surface area contributed by atoms with Crippen LogP contribution in [0.4, 0.5) is 5.69 Å². The van der Waals surface area contributed by atoms with Crippen LogP contribution in [0.2, 0.25) is 0 Å². The van der Waals surface area contributed by atoms with Gasteiger partial charge in [-0.3, -0.25) is 0 Å². The zero-order valence-electron chi connectivity index (χ0n) is 7.84. The van der Waals surface area contributed by atoms with Crippen molar-refractivity contribution in [3.63, 3.8) is 0 Å². The van der Waals surface area contributed by atoms with E-state index in [9.17, 15) is 0 Å². The van der Waals surface area contributed by atoms with Gasteiger partial charge in [0.05, 0.1) is 6.54 Å². The van der Waals surface area contributed by atoms with Crippen LogP contribution < -0.4 is 5.32 Å². The summed E-state index contributed by atoms with van der Waals surface area (Å²) >= 11 is 8.68. The lowest BCUT2D eigenvalue weighted by Crippen LogP contribution is -1.97. The molecule has 0 aliphatic heterocycles. The van der Waals surface area contributed by atoms with Crippen LogP contribution in [0, 0.1) is 0 Å². The molecule has 0 saturated heterocycles. The summed E-state index contributed by atoms with van der Waals surface area (Å²) in [5, 5.41) is 5.46. The zero-order valence-corrected chi connectivity index (χ0v) is 11.8. The highest BCUT2D eigenvalue weighted by atomic mass is 79.9. The number of thiophene rings is 1. The van der Waals surface area contributed by atoms with Crippen molar-refractivity contribution in [2.24, 2.45) is 0 Å². The van der Waals surface area contributed by atoms with Gasteiger partial charge in [-0.1, -0.05) is 15.9 Å². The van der Waals surface area contributed by atoms with Crippen molar-refractivity contribution in [3.8, 4) is 0 Å². The molecule has 15 heavy (non-hydrogen) atoms. The molecule has 2 aromatic rings. The summed E-state index contributed by atoms with van der Waals surface area (Å²) in [6.45, 7) is 0.861. The predicted molar refractivity (Wildman–Crippen MR) is 73.5 cm³/mol. The molecule has 1 nitrogen and oxygen atoms in total. The topological polar surface area (TPSA) is 12.0 Å². The number of rotatable bonds is 3. The molecule has 0 unspecified atom stereocenters. The van der Waals surface area contributed by atoms with Crippen LogP contribution in [0.25, 0.3) is 0 Å². The van der Waals surface area contributed by atoms with Gasteiger partial charge in [-0.05, 0) is 51.6 Å². The van der Waals surface area contributed by atoms with Gasteiger partial charge in [-0.2, -0.15) is 0 Å². The SMILES string of the molecule is Brc1ccc(NCc2sccc2Br)cc1. The highest BCUT2D eigenvalue weighted by Crippen LogP contribution is 2.24. The average Bonchev–Trinajstić information content (AvgIpc) is 2.63. The first kappa shape index (κ1) is 11.2. The van der Waals surface area contributed by atoms with Gasteiger partial charge in [-0.25, -0.2) is 0 Å². The molecule has 0 radical (unpaired) electrons. The van der Waals surface area contributed by atoms with Crippen LogP contribution in [-0.2, 0) is 6.54 Å². The largest absolute Gasteiger partial charge is 0.380 e. The normalized spacial score (nSPS) is 10.3. The van der Waals surface area contributed by atoms with E-state index in [0.29, 0.717) is 0 Å². The van der Waals surface area contributed by atoms with Crippen LogP contribution in [-0.4, -0.2) is 0 Å². The molecule has 0 bridgehead atoms. The summed E-state index contributed by atoms with van der Waals surface area (Å²) in [4.78, 5) is 1.32. The monoisotopic (exact) mass is 345 g/mol. The summed E-state index contributed by atoms with van der Waals surface area (Å²) in [5.74, 6) is 0. The van der Waals surface area contributed by atoms with Crippen LogP contribution in [0.1, 0.15) is 4.88 Å². The highest BCUT2D eigenvalue weighted by Gasteiger charge is 2.00. The van der Waals surface area contributed by atoms with E-state index in [1.54, 1.807) is 11.3 Å². The maximum Gasteiger partial charge on any atom is 0.0505 e. The van der Waals surface area contributed by atoms with Gasteiger partial charge in [0.15, 0.2) is 0 Å². The molecule has 2 rings (SSSR count). The summed E-state index contributed by atoms with van der Waals surface area (Å²) in [5.41, 5.74) is 1.14. The number of hydrogen-bond acceptors (Lipinski definition) is 2. The van der Waals surface area contributed by atoms with Crippen molar-refractivity contribution in [3.05, 3.63) is 49.5 Å². The second kappa shape index (κ2) is 5.14. The Bertz CT molecular complexity index is 436. The van der Waals surface area contributed by atoms with E-state index in [1.807, 2.05) is 12.1 Å². The lowest BCUT2D eigenvalue weighted by molar-refractivity contribution is 1.18. The molecule has 0 aliphatic carbocycles. The Hall–Kier alpha value is -0.320. The van der Waals surface area contributed by atoms with Crippen LogP contribution in [0.5, 0.6) is 0 Å². The summed E-state index contributed by atoms with van der Waals surface area (Å²) < 4.78 is 2.28. The lowest BCUT2D eigenvalue weighted by Gasteiger charge is -2.05. The fraction of sp³-hybridized carbons (Fsp3) is 0.0909. The van der Waals surface area contributed by atoms with Gasteiger partial charge in [-0.15, -0.1) is 11.3 Å². The van der Waals surface area contributed by atoms with Gasteiger partial charge in [0.2, 0.25) is 0 Å². The minimum atomic E-state index is 0.861. The fourth-order valence-electron chi connectivity index (χ4n) is 1.20. The third-order valence-corrected chi connectivity index (χ3v) is 4.44. The Labute approximate surface area is 110 Å². The quantitative estimate of drug-likeness (QED) is 0.834. The summed E-state index contributed by atoms with van der Waals surface area (Å²) in [6, 6.07) is 10.3. The highest BCUT2D eigenvalue weighted by molar-refractivity contribution is 9.10. The predicted octanol–water partition coefficient (Wildman–Crippen LogP) is 4.89. The first-order valence-corrected chi connectivity index (χ1v) is 6.93. The molecule has 0 aliphatic rings. The number of benzene rings is 1. The van der Waals surface area contributed by atoms with Crippen molar-refractivity contribution < 1.29 is 0 Å². The van der Waals surface area contributed by atoms with E-state index in [2.05, 4.69) is 60.8 Å². The second-order valence-electron chi connectivity index (χ2n) is 3.05. The second-order valence-corrected chi connectivity index (χ2v) is 5.82. The van der Waals surface area contributed by atoms with E-state index in [1.165, 1.54) is 9.35 Å². The molecule has 1 heterocycles. The Kier molecular flexibility index (Phi) is 3.83. The molecule has 1 N–H and O–H groups in total. The molecule has 0 saturated carbocycles. The molecular formula is C11H9Br2NS. The van der Waals surface area contributed by atoms with Crippen molar-refractivity contribution >= 4 is 48.9 Å². The number of halogens is 2. The van der Waals surface area contributed by atoms with Crippen molar-refractivity contribution in [1.82, 2.24) is 0 Å². The first-order chi connectivity index (χ1) is 7.25. The van der Waals surface area contributed by atoms with Crippen molar-refractivity contribution in [2.45, 2.75) is 6.54 Å². The Morgan fingerprint density at radius 3 is 2.40 bits per heavy atom. The van der Waals surface area contributed by atoms with Gasteiger partial charge in [0, 0.05) is 19.5 Å². The van der Waals surface area contributed by atoms with Crippen molar-refractivity contribution in [1.29, 1.82) is 0 Å². The molecule has 1 aromatic carbocycles. The standard InChI is InChI=1S/C11H9Br2NS/c12-8-1-3-9(4-2-8)14-7-11-10(13)5-6-15-11/h1-6,14H,7H2. The van der Waals surface area contributed by atoms with E-state index in [0.717, 1.165) is 16.7 Å². The molecule has 0 spiro atoms. The van der Waals surface area contributed by atoms with Gasteiger partial charge in [0.1, 0.15) is 0 Å². The van der Waals surface area contributed by atoms with Gasteiger partial charge >= 0.3 is 0 Å².